The zero-order chi connectivity index (χ0) is 18.4. The van der Waals surface area contributed by atoms with Gasteiger partial charge in [0.2, 0.25) is 5.91 Å². The Hall–Kier alpha value is -1.65. The number of hydrogen-bond donors (Lipinski definition) is 2. The molecule has 1 aromatic heterocycles. The fourth-order valence-electron chi connectivity index (χ4n) is 3.96. The average Bonchev–Trinajstić information content (AvgIpc) is 3.09. The van der Waals surface area contributed by atoms with Crippen LogP contribution in [0.1, 0.15) is 56.6 Å². The summed E-state index contributed by atoms with van der Waals surface area (Å²) in [5.74, 6) is 0.0522. The van der Waals surface area contributed by atoms with E-state index in [1.807, 2.05) is 11.3 Å². The van der Waals surface area contributed by atoms with Gasteiger partial charge in [-0.2, -0.15) is 0 Å². The van der Waals surface area contributed by atoms with Crippen LogP contribution >= 0.6 is 11.3 Å². The van der Waals surface area contributed by atoms with Crippen LogP contribution in [0.25, 0.3) is 10.4 Å². The molecule has 0 atom stereocenters. The Bertz CT molecular complexity index is 731. The van der Waals surface area contributed by atoms with Crippen LogP contribution < -0.4 is 10.6 Å². The molecule has 1 aliphatic rings. The van der Waals surface area contributed by atoms with Gasteiger partial charge in [-0.15, -0.1) is 11.3 Å². The maximum atomic E-state index is 11.0. The summed E-state index contributed by atoms with van der Waals surface area (Å²) in [7, 11) is 0. The van der Waals surface area contributed by atoms with Crippen LogP contribution in [0.3, 0.4) is 0 Å². The van der Waals surface area contributed by atoms with Gasteiger partial charge in [-0.25, -0.2) is 0 Å². The third-order valence-electron chi connectivity index (χ3n) is 5.33. The molecule has 140 valence electrons. The van der Waals surface area contributed by atoms with Crippen LogP contribution in [0.2, 0.25) is 0 Å². The number of carbonyl (C=O) groups excluding carboxylic acids is 1. The molecule has 0 saturated heterocycles. The first-order valence-electron chi connectivity index (χ1n) is 9.75. The Morgan fingerprint density at radius 2 is 1.96 bits per heavy atom. The zero-order valence-electron chi connectivity index (χ0n) is 15.9. The second kappa shape index (κ2) is 8.83. The van der Waals surface area contributed by atoms with Crippen molar-refractivity contribution in [3.8, 4) is 10.4 Å². The van der Waals surface area contributed by atoms with Crippen LogP contribution in [0, 0.1) is 6.92 Å². The van der Waals surface area contributed by atoms with Crippen molar-refractivity contribution < 1.29 is 4.79 Å². The molecule has 0 aliphatic heterocycles. The van der Waals surface area contributed by atoms with E-state index in [4.69, 9.17) is 0 Å². The highest BCUT2D eigenvalue weighted by molar-refractivity contribution is 7.13. The molecule has 1 fully saturated rings. The lowest BCUT2D eigenvalue weighted by Crippen LogP contribution is -2.45. The first-order valence-corrected chi connectivity index (χ1v) is 10.6. The molecule has 1 heterocycles. The Labute approximate surface area is 161 Å². The van der Waals surface area contributed by atoms with E-state index in [-0.39, 0.29) is 11.4 Å². The highest BCUT2D eigenvalue weighted by Crippen LogP contribution is 2.39. The number of hydrogen-bond acceptors (Lipinski definition) is 3. The van der Waals surface area contributed by atoms with Gasteiger partial charge in [-0.05, 0) is 66.9 Å². The van der Waals surface area contributed by atoms with Crippen molar-refractivity contribution in [1.29, 1.82) is 0 Å². The van der Waals surface area contributed by atoms with Crippen LogP contribution in [-0.2, 0) is 10.3 Å². The predicted octanol–water partition coefficient (Wildman–Crippen LogP) is 5.00. The Balaban J connectivity index is 1.75. The van der Waals surface area contributed by atoms with E-state index in [1.54, 1.807) is 6.92 Å². The van der Waals surface area contributed by atoms with Gasteiger partial charge in [0.15, 0.2) is 0 Å². The van der Waals surface area contributed by atoms with E-state index < -0.39 is 0 Å². The summed E-state index contributed by atoms with van der Waals surface area (Å²) in [6.45, 7) is 5.41. The SMILES string of the molecule is CC(=O)NCCCNC1(c2cccc(-c3cc(C)cs3)c2)CCCCC1. The lowest BCUT2D eigenvalue weighted by atomic mass is 9.76. The number of nitrogens with one attached hydrogen (secondary N) is 2. The highest BCUT2D eigenvalue weighted by atomic mass is 32.1. The highest BCUT2D eigenvalue weighted by Gasteiger charge is 2.33. The van der Waals surface area contributed by atoms with Gasteiger partial charge < -0.3 is 10.6 Å². The summed E-state index contributed by atoms with van der Waals surface area (Å²) < 4.78 is 0. The summed E-state index contributed by atoms with van der Waals surface area (Å²) in [5, 5.41) is 8.97. The molecule has 0 unspecified atom stereocenters. The molecule has 1 amide bonds. The molecule has 3 rings (SSSR count). The second-order valence-electron chi connectivity index (χ2n) is 7.48. The molecule has 0 radical (unpaired) electrons. The fourth-order valence-corrected chi connectivity index (χ4v) is 4.85. The number of amides is 1. The molecule has 1 aliphatic carbocycles. The van der Waals surface area contributed by atoms with Crippen molar-refractivity contribution >= 4 is 17.2 Å². The molecule has 2 aromatic rings. The van der Waals surface area contributed by atoms with Crippen molar-refractivity contribution in [3.63, 3.8) is 0 Å². The fraction of sp³-hybridized carbons (Fsp3) is 0.500. The number of rotatable bonds is 7. The number of thiophene rings is 1. The summed E-state index contributed by atoms with van der Waals surface area (Å²) in [6, 6.07) is 11.4. The van der Waals surface area contributed by atoms with Crippen LogP contribution in [0.4, 0.5) is 0 Å². The van der Waals surface area contributed by atoms with Crippen molar-refractivity contribution in [2.24, 2.45) is 0 Å². The van der Waals surface area contributed by atoms with E-state index in [0.29, 0.717) is 0 Å². The first kappa shape index (κ1) is 19.1. The summed E-state index contributed by atoms with van der Waals surface area (Å²) >= 11 is 1.82. The summed E-state index contributed by atoms with van der Waals surface area (Å²) in [5.41, 5.74) is 4.15. The van der Waals surface area contributed by atoms with Gasteiger partial charge >= 0.3 is 0 Å². The normalized spacial score (nSPS) is 16.4. The van der Waals surface area contributed by atoms with Crippen LogP contribution in [-0.4, -0.2) is 19.0 Å². The minimum atomic E-state index is 0.0522. The maximum Gasteiger partial charge on any atom is 0.216 e. The van der Waals surface area contributed by atoms with E-state index in [2.05, 4.69) is 53.3 Å². The summed E-state index contributed by atoms with van der Waals surface area (Å²) in [6.07, 6.45) is 7.24. The number of aryl methyl sites for hydroxylation is 1. The topological polar surface area (TPSA) is 41.1 Å². The van der Waals surface area contributed by atoms with Gasteiger partial charge in [-0.3, -0.25) is 4.79 Å². The molecule has 0 spiro atoms. The Morgan fingerprint density at radius 3 is 2.65 bits per heavy atom. The van der Waals surface area contributed by atoms with E-state index in [1.165, 1.54) is 53.7 Å². The predicted molar refractivity (Wildman–Crippen MR) is 111 cm³/mol. The first-order chi connectivity index (χ1) is 12.6. The van der Waals surface area contributed by atoms with Gasteiger partial charge in [-0.1, -0.05) is 37.5 Å². The minimum Gasteiger partial charge on any atom is -0.356 e. The molecule has 1 saturated carbocycles. The van der Waals surface area contributed by atoms with Gasteiger partial charge in [0, 0.05) is 23.9 Å². The average molecular weight is 371 g/mol. The van der Waals surface area contributed by atoms with Gasteiger partial charge in [0.1, 0.15) is 0 Å². The van der Waals surface area contributed by atoms with Crippen molar-refractivity contribution in [1.82, 2.24) is 10.6 Å². The van der Waals surface area contributed by atoms with Crippen molar-refractivity contribution in [2.45, 2.75) is 57.9 Å². The van der Waals surface area contributed by atoms with E-state index >= 15 is 0 Å². The Morgan fingerprint density at radius 1 is 1.15 bits per heavy atom. The third kappa shape index (κ3) is 4.74. The third-order valence-corrected chi connectivity index (χ3v) is 6.43. The van der Waals surface area contributed by atoms with Crippen molar-refractivity contribution in [3.05, 3.63) is 46.8 Å². The molecule has 1 aromatic carbocycles. The van der Waals surface area contributed by atoms with Gasteiger partial charge in [0.25, 0.3) is 0 Å². The standard InChI is InChI=1S/C22H30N2OS/c1-17-14-21(26-16-17)19-8-6-9-20(15-19)22(10-4-3-5-11-22)24-13-7-12-23-18(2)25/h6,8-9,14-16,24H,3-5,7,10-13H2,1-2H3,(H,23,25). The molecular formula is C22H30N2OS. The second-order valence-corrected chi connectivity index (χ2v) is 8.39. The molecule has 0 bridgehead atoms. The molecular weight excluding hydrogens is 340 g/mol. The Kier molecular flexibility index (Phi) is 6.49. The molecule has 2 N–H and O–H groups in total. The quantitative estimate of drug-likeness (QED) is 0.674. The molecule has 26 heavy (non-hydrogen) atoms. The number of carbonyl (C=O) groups is 1. The van der Waals surface area contributed by atoms with Crippen LogP contribution in [0.15, 0.2) is 35.7 Å². The lowest BCUT2D eigenvalue weighted by molar-refractivity contribution is -0.118. The monoisotopic (exact) mass is 370 g/mol. The smallest absolute Gasteiger partial charge is 0.216 e. The van der Waals surface area contributed by atoms with Gasteiger partial charge in [0.05, 0.1) is 0 Å². The zero-order valence-corrected chi connectivity index (χ0v) is 16.8. The summed E-state index contributed by atoms with van der Waals surface area (Å²) in [4.78, 5) is 12.4. The molecule has 3 nitrogen and oxygen atoms in total. The largest absolute Gasteiger partial charge is 0.356 e. The van der Waals surface area contributed by atoms with E-state index in [0.717, 1.165) is 19.5 Å². The van der Waals surface area contributed by atoms with E-state index in [9.17, 15) is 4.79 Å². The van der Waals surface area contributed by atoms with Crippen LogP contribution in [0.5, 0.6) is 0 Å². The van der Waals surface area contributed by atoms with Crippen molar-refractivity contribution in [2.75, 3.05) is 13.1 Å². The maximum absolute atomic E-state index is 11.0. The minimum absolute atomic E-state index is 0.0522. The number of benzene rings is 1. The lowest BCUT2D eigenvalue weighted by Gasteiger charge is -2.39. The molecule has 4 heteroatoms.